The van der Waals surface area contributed by atoms with E-state index in [4.69, 9.17) is 5.73 Å². The van der Waals surface area contributed by atoms with Gasteiger partial charge in [-0.3, -0.25) is 0 Å². The maximum atomic E-state index is 5.77. The van der Waals surface area contributed by atoms with Crippen LogP contribution in [-0.4, -0.2) is 6.54 Å². The van der Waals surface area contributed by atoms with Crippen molar-refractivity contribution in [1.82, 2.24) is 0 Å². The van der Waals surface area contributed by atoms with Crippen LogP contribution in [-0.2, 0) is 6.42 Å². The summed E-state index contributed by atoms with van der Waals surface area (Å²) in [6.07, 6.45) is 2.23. The third-order valence-corrected chi connectivity index (χ3v) is 4.27. The number of hydrogen-bond acceptors (Lipinski definition) is 2. The summed E-state index contributed by atoms with van der Waals surface area (Å²) in [4.78, 5) is 1.42. The fourth-order valence-corrected chi connectivity index (χ4v) is 2.88. The molecule has 1 aromatic heterocycles. The molecule has 3 heteroatoms. The zero-order chi connectivity index (χ0) is 9.90. The maximum Gasteiger partial charge on any atom is 0.0285 e. The van der Waals surface area contributed by atoms with Crippen LogP contribution in [0.25, 0.3) is 0 Å². The summed E-state index contributed by atoms with van der Waals surface area (Å²) in [6.45, 7) is 5.22. The number of rotatable bonds is 4. The SMILES string of the molecule is CCC(C)(CN)Cc1cc(Br)cs1. The Labute approximate surface area is 92.5 Å². The number of hydrogen-bond donors (Lipinski definition) is 1. The molecule has 0 aromatic carbocycles. The molecule has 0 amide bonds. The van der Waals surface area contributed by atoms with Crippen molar-refractivity contribution < 1.29 is 0 Å². The van der Waals surface area contributed by atoms with Crippen molar-refractivity contribution in [3.63, 3.8) is 0 Å². The second kappa shape index (κ2) is 4.58. The molecule has 1 nitrogen and oxygen atoms in total. The minimum absolute atomic E-state index is 0.268. The van der Waals surface area contributed by atoms with Crippen molar-refractivity contribution in [2.75, 3.05) is 6.54 Å². The molecule has 13 heavy (non-hydrogen) atoms. The van der Waals surface area contributed by atoms with Gasteiger partial charge in [0.2, 0.25) is 0 Å². The van der Waals surface area contributed by atoms with Gasteiger partial charge < -0.3 is 5.73 Å². The van der Waals surface area contributed by atoms with Gasteiger partial charge in [-0.15, -0.1) is 11.3 Å². The Morgan fingerprint density at radius 2 is 2.31 bits per heavy atom. The topological polar surface area (TPSA) is 26.0 Å². The number of thiophene rings is 1. The Bertz CT molecular complexity index is 266. The lowest BCUT2D eigenvalue weighted by Gasteiger charge is -2.25. The van der Waals surface area contributed by atoms with Crippen LogP contribution < -0.4 is 5.73 Å². The van der Waals surface area contributed by atoms with E-state index in [2.05, 4.69) is 41.2 Å². The van der Waals surface area contributed by atoms with E-state index in [1.54, 1.807) is 11.3 Å². The molecule has 0 aliphatic carbocycles. The molecule has 1 atom stereocenters. The Hall–Kier alpha value is 0.140. The summed E-state index contributed by atoms with van der Waals surface area (Å²) in [7, 11) is 0. The summed E-state index contributed by atoms with van der Waals surface area (Å²) < 4.78 is 1.18. The van der Waals surface area contributed by atoms with E-state index in [1.807, 2.05) is 0 Å². The van der Waals surface area contributed by atoms with E-state index in [1.165, 1.54) is 9.35 Å². The molecular weight excluding hydrogens is 246 g/mol. The largest absolute Gasteiger partial charge is 0.330 e. The molecule has 0 saturated carbocycles. The number of halogens is 1. The van der Waals surface area contributed by atoms with E-state index < -0.39 is 0 Å². The Morgan fingerprint density at radius 3 is 2.69 bits per heavy atom. The zero-order valence-electron chi connectivity index (χ0n) is 8.14. The smallest absolute Gasteiger partial charge is 0.0285 e. The molecule has 1 rings (SSSR count). The van der Waals surface area contributed by atoms with Gasteiger partial charge in [0.25, 0.3) is 0 Å². The quantitative estimate of drug-likeness (QED) is 0.883. The molecule has 1 heterocycles. The van der Waals surface area contributed by atoms with Crippen molar-refractivity contribution >= 4 is 27.3 Å². The van der Waals surface area contributed by atoms with Gasteiger partial charge in [0.15, 0.2) is 0 Å². The molecule has 0 aliphatic heterocycles. The van der Waals surface area contributed by atoms with Crippen LogP contribution in [0.1, 0.15) is 25.1 Å². The molecular formula is C10H16BrNS. The minimum atomic E-state index is 0.268. The predicted molar refractivity (Wildman–Crippen MR) is 63.2 cm³/mol. The summed E-state index contributed by atoms with van der Waals surface area (Å²) >= 11 is 5.27. The van der Waals surface area contributed by atoms with Crippen LogP contribution in [0.15, 0.2) is 15.9 Å². The van der Waals surface area contributed by atoms with E-state index >= 15 is 0 Å². The normalized spacial score (nSPS) is 15.7. The van der Waals surface area contributed by atoms with Crippen LogP contribution in [0.5, 0.6) is 0 Å². The van der Waals surface area contributed by atoms with Crippen molar-refractivity contribution in [1.29, 1.82) is 0 Å². The van der Waals surface area contributed by atoms with Crippen LogP contribution in [0, 0.1) is 5.41 Å². The van der Waals surface area contributed by atoms with Crippen LogP contribution >= 0.6 is 27.3 Å². The lowest BCUT2D eigenvalue weighted by atomic mass is 9.84. The molecule has 1 aromatic rings. The van der Waals surface area contributed by atoms with Gasteiger partial charge in [-0.1, -0.05) is 13.8 Å². The van der Waals surface area contributed by atoms with Crippen LogP contribution in [0.3, 0.4) is 0 Å². The van der Waals surface area contributed by atoms with Gasteiger partial charge in [0.05, 0.1) is 0 Å². The van der Waals surface area contributed by atoms with Gasteiger partial charge in [0.1, 0.15) is 0 Å². The molecule has 0 bridgehead atoms. The lowest BCUT2D eigenvalue weighted by Crippen LogP contribution is -2.28. The monoisotopic (exact) mass is 261 g/mol. The van der Waals surface area contributed by atoms with Gasteiger partial charge in [0, 0.05) is 14.7 Å². The highest BCUT2D eigenvalue weighted by atomic mass is 79.9. The molecule has 0 saturated heterocycles. The van der Waals surface area contributed by atoms with Crippen molar-refractivity contribution in [2.24, 2.45) is 11.1 Å². The second-order valence-electron chi connectivity index (χ2n) is 3.78. The fraction of sp³-hybridized carbons (Fsp3) is 0.600. The maximum absolute atomic E-state index is 5.77. The number of nitrogens with two attached hydrogens (primary N) is 1. The van der Waals surface area contributed by atoms with Gasteiger partial charge >= 0.3 is 0 Å². The van der Waals surface area contributed by atoms with E-state index in [-0.39, 0.29) is 5.41 Å². The average Bonchev–Trinajstić information content (AvgIpc) is 2.51. The molecule has 0 aliphatic rings. The summed E-state index contributed by atoms with van der Waals surface area (Å²) in [5.41, 5.74) is 6.03. The zero-order valence-corrected chi connectivity index (χ0v) is 10.5. The molecule has 74 valence electrons. The molecule has 2 N–H and O–H groups in total. The van der Waals surface area contributed by atoms with E-state index in [0.717, 1.165) is 19.4 Å². The average molecular weight is 262 g/mol. The highest BCUT2D eigenvalue weighted by molar-refractivity contribution is 9.10. The van der Waals surface area contributed by atoms with Gasteiger partial charge in [-0.2, -0.15) is 0 Å². The highest BCUT2D eigenvalue weighted by Crippen LogP contribution is 2.29. The van der Waals surface area contributed by atoms with Crippen LogP contribution in [0.2, 0.25) is 0 Å². The fourth-order valence-electron chi connectivity index (χ4n) is 1.21. The first-order valence-corrected chi connectivity index (χ1v) is 6.20. The Balaban J connectivity index is 2.67. The van der Waals surface area contributed by atoms with Crippen LogP contribution in [0.4, 0.5) is 0 Å². The van der Waals surface area contributed by atoms with Crippen molar-refractivity contribution in [3.05, 3.63) is 20.8 Å². The first-order valence-electron chi connectivity index (χ1n) is 4.52. The third-order valence-electron chi connectivity index (χ3n) is 2.57. The lowest BCUT2D eigenvalue weighted by molar-refractivity contribution is 0.323. The predicted octanol–water partition coefficient (Wildman–Crippen LogP) is 3.43. The minimum Gasteiger partial charge on any atom is -0.330 e. The molecule has 0 spiro atoms. The second-order valence-corrected chi connectivity index (χ2v) is 5.69. The van der Waals surface area contributed by atoms with E-state index in [9.17, 15) is 0 Å². The summed E-state index contributed by atoms with van der Waals surface area (Å²) in [6, 6.07) is 2.19. The first kappa shape index (κ1) is 11.2. The Kier molecular flexibility index (Phi) is 3.95. The van der Waals surface area contributed by atoms with Gasteiger partial charge in [-0.25, -0.2) is 0 Å². The molecule has 0 fully saturated rings. The van der Waals surface area contributed by atoms with E-state index in [0.29, 0.717) is 0 Å². The van der Waals surface area contributed by atoms with Crippen molar-refractivity contribution in [3.8, 4) is 0 Å². The molecule has 0 radical (unpaired) electrons. The first-order chi connectivity index (χ1) is 6.09. The summed E-state index contributed by atoms with van der Waals surface area (Å²) in [5.74, 6) is 0. The third kappa shape index (κ3) is 3.08. The van der Waals surface area contributed by atoms with Crippen molar-refractivity contribution in [2.45, 2.75) is 26.7 Å². The molecule has 1 unspecified atom stereocenters. The Morgan fingerprint density at radius 1 is 1.62 bits per heavy atom. The van der Waals surface area contributed by atoms with Gasteiger partial charge in [-0.05, 0) is 46.8 Å². The highest BCUT2D eigenvalue weighted by Gasteiger charge is 2.21. The standard InChI is InChI=1S/C10H16BrNS/c1-3-10(2,7-12)5-9-4-8(11)6-13-9/h4,6H,3,5,7,12H2,1-2H3. The summed E-state index contributed by atoms with van der Waals surface area (Å²) in [5, 5.41) is 2.13.